The Kier molecular flexibility index (Phi) is 5.89. The van der Waals surface area contributed by atoms with Gasteiger partial charge < -0.3 is 10.1 Å². The summed E-state index contributed by atoms with van der Waals surface area (Å²) in [4.78, 5) is 36.5. The number of esters is 1. The molecular weight excluding hydrogens is 378 g/mol. The lowest BCUT2D eigenvalue weighted by atomic mass is 10.0. The van der Waals surface area contributed by atoms with Gasteiger partial charge in [-0.1, -0.05) is 48.5 Å². The molecule has 0 spiro atoms. The van der Waals surface area contributed by atoms with Crippen LogP contribution < -0.4 is 5.32 Å². The van der Waals surface area contributed by atoms with Crippen molar-refractivity contribution in [2.45, 2.75) is 32.1 Å². The minimum atomic E-state index is -0.558. The van der Waals surface area contributed by atoms with Gasteiger partial charge in [0.25, 0.3) is 5.91 Å². The van der Waals surface area contributed by atoms with Crippen LogP contribution in [0.5, 0.6) is 0 Å². The number of ether oxygens (including phenoxy) is 1. The third kappa shape index (κ3) is 4.57. The molecule has 0 bridgehead atoms. The third-order valence-electron chi connectivity index (χ3n) is 5.40. The normalized spacial score (nSPS) is 12.4. The van der Waals surface area contributed by atoms with Gasteiger partial charge in [-0.05, 0) is 47.9 Å². The first kappa shape index (κ1) is 19.8. The van der Waals surface area contributed by atoms with Crippen molar-refractivity contribution in [1.82, 2.24) is 0 Å². The van der Waals surface area contributed by atoms with Gasteiger partial charge in [0, 0.05) is 23.1 Å². The van der Waals surface area contributed by atoms with Crippen LogP contribution in [0.15, 0.2) is 60.7 Å². The van der Waals surface area contributed by atoms with Gasteiger partial charge in [-0.25, -0.2) is 0 Å². The van der Waals surface area contributed by atoms with Crippen molar-refractivity contribution in [3.8, 4) is 0 Å². The fourth-order valence-electron chi connectivity index (χ4n) is 3.84. The van der Waals surface area contributed by atoms with Crippen molar-refractivity contribution in [2.24, 2.45) is 0 Å². The second-order valence-electron chi connectivity index (χ2n) is 7.50. The van der Waals surface area contributed by atoms with Gasteiger partial charge in [0.15, 0.2) is 12.4 Å². The van der Waals surface area contributed by atoms with Crippen molar-refractivity contribution < 1.29 is 19.1 Å². The van der Waals surface area contributed by atoms with Crippen LogP contribution in [0.3, 0.4) is 0 Å². The molecule has 1 aliphatic carbocycles. The Hall–Kier alpha value is -3.47. The zero-order chi connectivity index (χ0) is 20.9. The second kappa shape index (κ2) is 8.91. The summed E-state index contributed by atoms with van der Waals surface area (Å²) < 4.78 is 5.05. The number of rotatable bonds is 7. The van der Waals surface area contributed by atoms with Crippen molar-refractivity contribution in [3.63, 3.8) is 0 Å². The van der Waals surface area contributed by atoms with E-state index in [9.17, 15) is 14.4 Å². The smallest absolute Gasteiger partial charge is 0.306 e. The average molecular weight is 401 g/mol. The molecular formula is C25H23NO4. The van der Waals surface area contributed by atoms with Gasteiger partial charge in [0.1, 0.15) is 0 Å². The molecule has 1 aliphatic rings. The van der Waals surface area contributed by atoms with Crippen LogP contribution in [-0.4, -0.2) is 24.3 Å². The molecule has 0 radical (unpaired) electrons. The van der Waals surface area contributed by atoms with Crippen LogP contribution in [0.2, 0.25) is 0 Å². The summed E-state index contributed by atoms with van der Waals surface area (Å²) in [6.45, 7) is -0.380. The molecule has 152 valence electrons. The van der Waals surface area contributed by atoms with E-state index in [0.717, 1.165) is 30.0 Å². The largest absolute Gasteiger partial charge is 0.456 e. The molecule has 4 rings (SSSR count). The topological polar surface area (TPSA) is 72.5 Å². The molecule has 0 unspecified atom stereocenters. The number of fused-ring (bicyclic) bond motifs is 2. The highest BCUT2D eigenvalue weighted by atomic mass is 16.5. The molecule has 0 aromatic heterocycles. The first-order valence-electron chi connectivity index (χ1n) is 10.2. The molecule has 1 amide bonds. The number of hydrogen-bond donors (Lipinski definition) is 1. The predicted molar refractivity (Wildman–Crippen MR) is 116 cm³/mol. The maximum atomic E-state index is 12.4. The van der Waals surface area contributed by atoms with Gasteiger partial charge in [0.05, 0.1) is 6.42 Å². The van der Waals surface area contributed by atoms with E-state index in [1.807, 2.05) is 54.6 Å². The Balaban J connectivity index is 1.25. The number of benzene rings is 3. The lowest BCUT2D eigenvalue weighted by Crippen LogP contribution is -2.21. The number of anilines is 1. The van der Waals surface area contributed by atoms with Gasteiger partial charge >= 0.3 is 5.97 Å². The Bertz CT molecular complexity index is 1110. The lowest BCUT2D eigenvalue weighted by Gasteiger charge is -2.09. The molecule has 0 saturated carbocycles. The van der Waals surface area contributed by atoms with E-state index in [-0.39, 0.29) is 25.2 Å². The zero-order valence-electron chi connectivity index (χ0n) is 16.6. The number of ketones is 1. The van der Waals surface area contributed by atoms with Gasteiger partial charge in [-0.2, -0.15) is 0 Å². The number of nitrogens with one attached hydrogen (secondary N) is 1. The highest BCUT2D eigenvalue weighted by Crippen LogP contribution is 2.24. The Labute approximate surface area is 175 Å². The Morgan fingerprint density at radius 2 is 1.67 bits per heavy atom. The number of amides is 1. The van der Waals surface area contributed by atoms with Gasteiger partial charge in [-0.3, -0.25) is 14.4 Å². The number of Topliss-reactive ketones (excluding diaryl/α,β-unsaturated/α-hetero) is 1. The van der Waals surface area contributed by atoms with E-state index >= 15 is 0 Å². The van der Waals surface area contributed by atoms with E-state index in [1.165, 1.54) is 11.1 Å². The fourth-order valence-corrected chi connectivity index (χ4v) is 3.84. The first-order valence-corrected chi connectivity index (χ1v) is 10.2. The molecule has 0 aliphatic heterocycles. The molecule has 5 heteroatoms. The van der Waals surface area contributed by atoms with Gasteiger partial charge in [-0.15, -0.1) is 0 Å². The van der Waals surface area contributed by atoms with Crippen molar-refractivity contribution in [2.75, 3.05) is 11.9 Å². The van der Waals surface area contributed by atoms with Crippen molar-refractivity contribution in [3.05, 3.63) is 77.4 Å². The molecule has 0 heterocycles. The maximum absolute atomic E-state index is 12.4. The number of aryl methyl sites for hydroxylation is 2. The molecule has 5 nitrogen and oxygen atoms in total. The summed E-state index contributed by atoms with van der Waals surface area (Å²) in [5.41, 5.74) is 3.84. The second-order valence-corrected chi connectivity index (χ2v) is 7.50. The molecule has 0 saturated heterocycles. The lowest BCUT2D eigenvalue weighted by molar-refractivity contribution is -0.147. The van der Waals surface area contributed by atoms with Crippen molar-refractivity contribution >= 4 is 34.1 Å². The van der Waals surface area contributed by atoms with Gasteiger partial charge in [0.2, 0.25) is 0 Å². The van der Waals surface area contributed by atoms with Crippen LogP contribution in [-0.2, 0) is 27.2 Å². The zero-order valence-corrected chi connectivity index (χ0v) is 16.6. The number of carbonyl (C=O) groups excluding carboxylic acids is 3. The van der Waals surface area contributed by atoms with E-state index in [0.29, 0.717) is 11.3 Å². The molecule has 0 fully saturated rings. The SMILES string of the molecule is O=C(COC(=O)CCC(=O)c1ccc2c(c1)CCC2)Nc1cccc2ccccc12. The highest BCUT2D eigenvalue weighted by Gasteiger charge is 2.16. The summed E-state index contributed by atoms with van der Waals surface area (Å²) in [6, 6.07) is 19.1. The monoisotopic (exact) mass is 401 g/mol. The van der Waals surface area contributed by atoms with Crippen molar-refractivity contribution in [1.29, 1.82) is 0 Å². The maximum Gasteiger partial charge on any atom is 0.306 e. The van der Waals surface area contributed by atoms with E-state index in [2.05, 4.69) is 5.32 Å². The predicted octanol–water partition coefficient (Wildman–Crippen LogP) is 4.47. The summed E-state index contributed by atoms with van der Waals surface area (Å²) in [5.74, 6) is -1.05. The van der Waals surface area contributed by atoms with E-state index in [1.54, 1.807) is 6.07 Å². The fraction of sp³-hybridized carbons (Fsp3) is 0.240. The minimum Gasteiger partial charge on any atom is -0.456 e. The molecule has 3 aromatic carbocycles. The molecule has 3 aromatic rings. The summed E-state index contributed by atoms with van der Waals surface area (Å²) in [7, 11) is 0. The average Bonchev–Trinajstić information content (AvgIpc) is 3.24. The van der Waals surface area contributed by atoms with Crippen LogP contribution >= 0.6 is 0 Å². The minimum absolute atomic E-state index is 0.0442. The summed E-state index contributed by atoms with van der Waals surface area (Å²) >= 11 is 0. The highest BCUT2D eigenvalue weighted by molar-refractivity contribution is 6.03. The standard InChI is InChI=1S/C25H23NO4/c27-23(20-12-11-17-6-3-8-19(17)15-20)13-14-25(29)30-16-24(28)26-22-10-4-7-18-5-1-2-9-21(18)22/h1-2,4-5,7,9-12,15H,3,6,8,13-14,16H2,(H,26,28). The van der Waals surface area contributed by atoms with Crippen LogP contribution in [0.1, 0.15) is 40.7 Å². The summed E-state index contributed by atoms with van der Waals surface area (Å²) in [6.07, 6.45) is 3.22. The third-order valence-corrected chi connectivity index (χ3v) is 5.40. The molecule has 0 atom stereocenters. The van der Waals surface area contributed by atoms with Crippen LogP contribution in [0.4, 0.5) is 5.69 Å². The Morgan fingerprint density at radius 3 is 2.57 bits per heavy atom. The molecule has 30 heavy (non-hydrogen) atoms. The molecule has 1 N–H and O–H groups in total. The number of carbonyl (C=O) groups is 3. The van der Waals surface area contributed by atoms with E-state index in [4.69, 9.17) is 4.74 Å². The number of hydrogen-bond acceptors (Lipinski definition) is 4. The first-order chi connectivity index (χ1) is 14.6. The summed E-state index contributed by atoms with van der Waals surface area (Å²) in [5, 5.41) is 4.70. The Morgan fingerprint density at radius 1 is 0.867 bits per heavy atom. The van der Waals surface area contributed by atoms with E-state index < -0.39 is 11.9 Å². The van der Waals surface area contributed by atoms with Crippen LogP contribution in [0.25, 0.3) is 10.8 Å². The van der Waals surface area contributed by atoms with Crippen LogP contribution in [0, 0.1) is 0 Å². The quantitative estimate of drug-likeness (QED) is 0.468.